The summed E-state index contributed by atoms with van der Waals surface area (Å²) in [6.45, 7) is 1.44. The molecule has 9 heteroatoms. The van der Waals surface area contributed by atoms with Crippen LogP contribution in [0.2, 0.25) is 5.02 Å². The second kappa shape index (κ2) is 8.05. The van der Waals surface area contributed by atoms with Gasteiger partial charge in [0.25, 0.3) is 5.91 Å². The molecule has 1 amide bonds. The fraction of sp³-hybridized carbons (Fsp3) is 0.500. The molecule has 0 unspecified atom stereocenters. The number of halogens is 1. The van der Waals surface area contributed by atoms with Crippen LogP contribution in [0.1, 0.15) is 19.8 Å². The number of hydrogen-bond acceptors (Lipinski definition) is 6. The van der Waals surface area contributed by atoms with Gasteiger partial charge in [-0.1, -0.05) is 11.6 Å². The third kappa shape index (κ3) is 5.61. The highest BCUT2D eigenvalue weighted by atomic mass is 35.5. The maximum atomic E-state index is 12.2. The van der Waals surface area contributed by atoms with Gasteiger partial charge in [-0.05, 0) is 37.5 Å². The summed E-state index contributed by atoms with van der Waals surface area (Å²) in [5.74, 6) is -0.873. The molecule has 0 radical (unpaired) electrons. The van der Waals surface area contributed by atoms with Gasteiger partial charge in [-0.3, -0.25) is 9.59 Å². The number of ether oxygens (including phenoxy) is 2. The van der Waals surface area contributed by atoms with E-state index in [0.29, 0.717) is 22.9 Å². The Morgan fingerprint density at radius 2 is 2.12 bits per heavy atom. The molecule has 1 heterocycles. The first kappa shape index (κ1) is 19.5. The molecule has 25 heavy (non-hydrogen) atoms. The lowest BCUT2D eigenvalue weighted by molar-refractivity contribution is -0.153. The molecule has 0 spiro atoms. The van der Waals surface area contributed by atoms with Crippen LogP contribution in [-0.2, 0) is 24.2 Å². The average Bonchev–Trinajstić information content (AvgIpc) is 2.86. The van der Waals surface area contributed by atoms with E-state index in [2.05, 4.69) is 5.32 Å². The van der Waals surface area contributed by atoms with Crippen molar-refractivity contribution in [2.45, 2.75) is 25.9 Å². The lowest BCUT2D eigenvalue weighted by Crippen LogP contribution is -2.30. The normalized spacial score (nSPS) is 19.9. The van der Waals surface area contributed by atoms with Crippen LogP contribution in [0, 0.1) is 5.92 Å². The first-order chi connectivity index (χ1) is 11.7. The second-order valence-electron chi connectivity index (χ2n) is 5.94. The van der Waals surface area contributed by atoms with E-state index in [1.165, 1.54) is 20.1 Å². The molecule has 1 aromatic rings. The molecule has 0 aromatic heterocycles. The van der Waals surface area contributed by atoms with E-state index >= 15 is 0 Å². The van der Waals surface area contributed by atoms with E-state index in [9.17, 15) is 18.0 Å². The van der Waals surface area contributed by atoms with Crippen molar-refractivity contribution in [2.75, 3.05) is 23.9 Å². The van der Waals surface area contributed by atoms with Crippen molar-refractivity contribution >= 4 is 39.0 Å². The Balaban J connectivity index is 1.90. The molecular formula is C16H20ClNO6S. The number of esters is 1. The largest absolute Gasteiger partial charge is 0.495 e. The Hall–Kier alpha value is -1.80. The summed E-state index contributed by atoms with van der Waals surface area (Å²) in [6, 6.07) is 4.75. The summed E-state index contributed by atoms with van der Waals surface area (Å²) in [5.41, 5.74) is 0.366. The van der Waals surface area contributed by atoms with Crippen LogP contribution in [0.3, 0.4) is 0 Å². The molecule has 0 aliphatic carbocycles. The van der Waals surface area contributed by atoms with Gasteiger partial charge in [0.05, 0.1) is 24.3 Å². The fourth-order valence-electron chi connectivity index (χ4n) is 2.58. The monoisotopic (exact) mass is 389 g/mol. The zero-order valence-electron chi connectivity index (χ0n) is 14.0. The van der Waals surface area contributed by atoms with Crippen molar-refractivity contribution in [3.8, 4) is 5.75 Å². The molecule has 2 atom stereocenters. The van der Waals surface area contributed by atoms with Crippen LogP contribution in [0.25, 0.3) is 0 Å². The molecule has 0 saturated carbocycles. The lowest BCUT2D eigenvalue weighted by Gasteiger charge is -2.16. The van der Waals surface area contributed by atoms with Gasteiger partial charge in [-0.2, -0.15) is 0 Å². The van der Waals surface area contributed by atoms with E-state index in [1.807, 2.05) is 0 Å². The fourth-order valence-corrected chi connectivity index (χ4v) is 4.61. The van der Waals surface area contributed by atoms with Crippen molar-refractivity contribution in [3.63, 3.8) is 0 Å². The average molecular weight is 390 g/mol. The highest BCUT2D eigenvalue weighted by molar-refractivity contribution is 7.91. The van der Waals surface area contributed by atoms with Gasteiger partial charge in [0, 0.05) is 11.4 Å². The Morgan fingerprint density at radius 1 is 1.40 bits per heavy atom. The highest BCUT2D eigenvalue weighted by Gasteiger charge is 2.30. The van der Waals surface area contributed by atoms with Gasteiger partial charge < -0.3 is 14.8 Å². The van der Waals surface area contributed by atoms with E-state index in [4.69, 9.17) is 21.1 Å². The molecule has 1 N–H and O–H groups in total. The minimum Gasteiger partial charge on any atom is -0.495 e. The SMILES string of the molecule is COc1ccc(Cl)cc1NC(=O)[C@H](C)OC(=O)C[C@H]1CCS(=O)(=O)C1. The number of carbonyl (C=O) groups excluding carboxylic acids is 2. The molecule has 2 rings (SSSR count). The highest BCUT2D eigenvalue weighted by Crippen LogP contribution is 2.28. The third-order valence-electron chi connectivity index (χ3n) is 3.88. The standard InChI is InChI=1S/C16H20ClNO6S/c1-10(24-15(19)7-11-5-6-25(21,22)9-11)16(20)18-13-8-12(17)3-4-14(13)23-2/h3-4,8,10-11H,5-7,9H2,1-2H3,(H,18,20)/t10-,11+/m0/s1. The third-order valence-corrected chi connectivity index (χ3v) is 5.95. The quantitative estimate of drug-likeness (QED) is 0.747. The number of sulfone groups is 1. The molecule has 138 valence electrons. The van der Waals surface area contributed by atoms with Crippen LogP contribution in [0.5, 0.6) is 5.75 Å². The second-order valence-corrected chi connectivity index (χ2v) is 8.60. The van der Waals surface area contributed by atoms with Gasteiger partial charge >= 0.3 is 5.97 Å². The van der Waals surface area contributed by atoms with Crippen LogP contribution >= 0.6 is 11.6 Å². The number of benzene rings is 1. The zero-order valence-corrected chi connectivity index (χ0v) is 15.5. The van der Waals surface area contributed by atoms with E-state index in [1.54, 1.807) is 12.1 Å². The number of anilines is 1. The Morgan fingerprint density at radius 3 is 2.72 bits per heavy atom. The number of rotatable bonds is 6. The first-order valence-corrected chi connectivity index (χ1v) is 9.94. The smallest absolute Gasteiger partial charge is 0.306 e. The van der Waals surface area contributed by atoms with Gasteiger partial charge in [-0.25, -0.2) is 8.42 Å². The molecule has 1 saturated heterocycles. The predicted octanol–water partition coefficient (Wildman–Crippen LogP) is 2.04. The van der Waals surface area contributed by atoms with Crippen LogP contribution < -0.4 is 10.1 Å². The molecule has 1 aromatic carbocycles. The maximum Gasteiger partial charge on any atom is 0.306 e. The van der Waals surface area contributed by atoms with Gasteiger partial charge in [0.1, 0.15) is 5.75 Å². The molecule has 1 aliphatic heterocycles. The summed E-state index contributed by atoms with van der Waals surface area (Å²) in [4.78, 5) is 24.1. The number of amides is 1. The number of hydrogen-bond donors (Lipinski definition) is 1. The Labute approximate surface area is 151 Å². The van der Waals surface area contributed by atoms with Crippen molar-refractivity contribution in [3.05, 3.63) is 23.2 Å². The predicted molar refractivity (Wildman–Crippen MR) is 93.6 cm³/mol. The lowest BCUT2D eigenvalue weighted by atomic mass is 10.1. The Kier molecular flexibility index (Phi) is 6.29. The number of carbonyl (C=O) groups is 2. The van der Waals surface area contributed by atoms with Crippen molar-refractivity contribution in [1.29, 1.82) is 0 Å². The number of nitrogens with one attached hydrogen (secondary N) is 1. The van der Waals surface area contributed by atoms with Gasteiger partial charge in [0.2, 0.25) is 0 Å². The minimum absolute atomic E-state index is 0.0115. The Bertz CT molecular complexity index is 764. The molecule has 1 aliphatic rings. The summed E-state index contributed by atoms with van der Waals surface area (Å²) in [6.07, 6.45) is -0.607. The molecule has 1 fully saturated rings. The van der Waals surface area contributed by atoms with Crippen LogP contribution in [0.4, 0.5) is 5.69 Å². The molecule has 0 bridgehead atoms. The summed E-state index contributed by atoms with van der Waals surface area (Å²) >= 11 is 5.90. The zero-order chi connectivity index (χ0) is 18.6. The molecular weight excluding hydrogens is 370 g/mol. The number of methoxy groups -OCH3 is 1. The first-order valence-electron chi connectivity index (χ1n) is 7.74. The summed E-state index contributed by atoms with van der Waals surface area (Å²) in [5, 5.41) is 3.01. The van der Waals surface area contributed by atoms with E-state index < -0.39 is 27.8 Å². The topological polar surface area (TPSA) is 98.8 Å². The van der Waals surface area contributed by atoms with E-state index in [0.717, 1.165) is 0 Å². The maximum absolute atomic E-state index is 12.2. The van der Waals surface area contributed by atoms with Gasteiger partial charge in [0.15, 0.2) is 15.9 Å². The van der Waals surface area contributed by atoms with Crippen LogP contribution in [0.15, 0.2) is 18.2 Å². The summed E-state index contributed by atoms with van der Waals surface area (Å²) < 4.78 is 33.0. The van der Waals surface area contributed by atoms with Crippen LogP contribution in [-0.4, -0.2) is 45.0 Å². The van der Waals surface area contributed by atoms with E-state index in [-0.39, 0.29) is 23.8 Å². The molecule has 7 nitrogen and oxygen atoms in total. The van der Waals surface area contributed by atoms with Gasteiger partial charge in [-0.15, -0.1) is 0 Å². The summed E-state index contributed by atoms with van der Waals surface area (Å²) in [7, 11) is -1.60. The van der Waals surface area contributed by atoms with Crippen molar-refractivity contribution in [1.82, 2.24) is 0 Å². The van der Waals surface area contributed by atoms with Crippen molar-refractivity contribution < 1.29 is 27.5 Å². The minimum atomic E-state index is -3.05. The van der Waals surface area contributed by atoms with Crippen molar-refractivity contribution in [2.24, 2.45) is 5.92 Å².